The maximum Gasteiger partial charge on any atom is 0.329 e. The second kappa shape index (κ2) is 3.96. The van der Waals surface area contributed by atoms with Gasteiger partial charge in [0.05, 0.1) is 4.92 Å². The summed E-state index contributed by atoms with van der Waals surface area (Å²) in [5.41, 5.74) is -1.43. The minimum atomic E-state index is -4.31. The third-order valence-electron chi connectivity index (χ3n) is 1.68. The van der Waals surface area contributed by atoms with Crippen molar-refractivity contribution in [1.82, 2.24) is 0 Å². The molecule has 0 unspecified atom stereocenters. The minimum absolute atomic E-state index is 0.452. The van der Waals surface area contributed by atoms with E-state index in [-0.39, 0.29) is 0 Å². The molecule has 0 spiro atoms. The molecule has 7 nitrogen and oxygen atoms in total. The summed E-state index contributed by atoms with van der Waals surface area (Å²) in [6.45, 7) is 0. The Morgan fingerprint density at radius 2 is 2.06 bits per heavy atom. The van der Waals surface area contributed by atoms with Gasteiger partial charge in [-0.15, -0.1) is 0 Å². The third kappa shape index (κ3) is 2.05. The van der Waals surface area contributed by atoms with Crippen molar-refractivity contribution < 1.29 is 18.4 Å². The summed E-state index contributed by atoms with van der Waals surface area (Å²) >= 11 is 0. The van der Waals surface area contributed by atoms with Crippen LogP contribution in [0.15, 0.2) is 17.0 Å². The standard InChI is InChI=1S/C7H3ClN2O5S/c8-16(14,15)5-2-1-4(3-9)6(7(5)11)10(12)13/h1-2,11H. The highest BCUT2D eigenvalue weighted by Gasteiger charge is 2.28. The fraction of sp³-hybridized carbons (Fsp3) is 0. The van der Waals surface area contributed by atoms with Crippen LogP contribution in [0.2, 0.25) is 0 Å². The van der Waals surface area contributed by atoms with Crippen molar-refractivity contribution in [1.29, 1.82) is 5.26 Å². The topological polar surface area (TPSA) is 121 Å². The molecule has 0 saturated carbocycles. The van der Waals surface area contributed by atoms with Gasteiger partial charge in [-0.05, 0) is 12.1 Å². The van der Waals surface area contributed by atoms with Crippen LogP contribution in [0, 0.1) is 21.4 Å². The van der Waals surface area contributed by atoms with Crippen LogP contribution >= 0.6 is 10.7 Å². The van der Waals surface area contributed by atoms with Gasteiger partial charge >= 0.3 is 5.69 Å². The predicted molar refractivity (Wildman–Crippen MR) is 52.5 cm³/mol. The summed E-state index contributed by atoms with van der Waals surface area (Å²) < 4.78 is 21.9. The fourth-order valence-corrected chi connectivity index (χ4v) is 1.96. The largest absolute Gasteiger partial charge is 0.501 e. The Labute approximate surface area is 94.1 Å². The minimum Gasteiger partial charge on any atom is -0.501 e. The Bertz CT molecular complexity index is 604. The van der Waals surface area contributed by atoms with Crippen molar-refractivity contribution in [2.24, 2.45) is 0 Å². The highest BCUT2D eigenvalue weighted by Crippen LogP contribution is 2.36. The lowest BCUT2D eigenvalue weighted by molar-refractivity contribution is -0.386. The number of benzene rings is 1. The van der Waals surface area contributed by atoms with E-state index in [9.17, 15) is 23.6 Å². The number of nitriles is 1. The number of hydrogen-bond acceptors (Lipinski definition) is 6. The van der Waals surface area contributed by atoms with Crippen LogP contribution in [-0.2, 0) is 9.05 Å². The first kappa shape index (κ1) is 12.2. The summed E-state index contributed by atoms with van der Waals surface area (Å²) in [5, 5.41) is 28.4. The van der Waals surface area contributed by atoms with Crippen molar-refractivity contribution >= 4 is 25.4 Å². The van der Waals surface area contributed by atoms with E-state index in [4.69, 9.17) is 15.9 Å². The van der Waals surface area contributed by atoms with Crippen molar-refractivity contribution in [2.45, 2.75) is 4.90 Å². The second-order valence-electron chi connectivity index (χ2n) is 2.62. The number of nitro benzene ring substituents is 1. The van der Waals surface area contributed by atoms with Gasteiger partial charge in [0.2, 0.25) is 5.75 Å². The molecule has 0 aliphatic carbocycles. The number of nitro groups is 1. The van der Waals surface area contributed by atoms with Crippen molar-refractivity contribution in [3.8, 4) is 11.8 Å². The quantitative estimate of drug-likeness (QED) is 0.484. The monoisotopic (exact) mass is 262 g/mol. The van der Waals surface area contributed by atoms with Gasteiger partial charge in [0.25, 0.3) is 9.05 Å². The first-order valence-electron chi connectivity index (χ1n) is 3.64. The molecule has 0 radical (unpaired) electrons. The Hall–Kier alpha value is -1.85. The van der Waals surface area contributed by atoms with Gasteiger partial charge in [-0.2, -0.15) is 5.26 Å². The lowest BCUT2D eigenvalue weighted by atomic mass is 10.2. The molecule has 0 saturated heterocycles. The van der Waals surface area contributed by atoms with E-state index < -0.39 is 35.9 Å². The van der Waals surface area contributed by atoms with Gasteiger partial charge < -0.3 is 5.11 Å². The van der Waals surface area contributed by atoms with Crippen LogP contribution in [-0.4, -0.2) is 18.4 Å². The summed E-state index contributed by atoms with van der Waals surface area (Å²) in [7, 11) is 0.637. The summed E-state index contributed by atoms with van der Waals surface area (Å²) in [6.07, 6.45) is 0. The summed E-state index contributed by atoms with van der Waals surface area (Å²) in [5.74, 6) is -1.14. The van der Waals surface area contributed by atoms with E-state index in [0.717, 1.165) is 12.1 Å². The van der Waals surface area contributed by atoms with E-state index in [0.29, 0.717) is 0 Å². The van der Waals surface area contributed by atoms with Crippen LogP contribution in [0.25, 0.3) is 0 Å². The molecule has 0 heterocycles. The van der Waals surface area contributed by atoms with Crippen molar-refractivity contribution in [3.05, 3.63) is 27.8 Å². The predicted octanol–water partition coefficient (Wildman–Crippen LogP) is 1.10. The molecule has 84 valence electrons. The van der Waals surface area contributed by atoms with Crippen LogP contribution < -0.4 is 0 Å². The van der Waals surface area contributed by atoms with Crippen LogP contribution in [0.3, 0.4) is 0 Å². The molecule has 0 fully saturated rings. The number of phenolic OH excluding ortho intramolecular Hbond substituents is 1. The molecular formula is C7H3ClN2O5S. The molecule has 0 bridgehead atoms. The Morgan fingerprint density at radius 1 is 1.50 bits per heavy atom. The maximum absolute atomic E-state index is 10.9. The number of aromatic hydroxyl groups is 1. The number of phenols is 1. The smallest absolute Gasteiger partial charge is 0.329 e. The molecule has 1 aromatic carbocycles. The number of halogens is 1. The first-order chi connectivity index (χ1) is 7.29. The maximum atomic E-state index is 10.9. The highest BCUT2D eigenvalue weighted by molar-refractivity contribution is 8.13. The first-order valence-corrected chi connectivity index (χ1v) is 5.95. The molecule has 1 aromatic rings. The average Bonchev–Trinajstić information content (AvgIpc) is 2.14. The van der Waals surface area contributed by atoms with Gasteiger partial charge in [0, 0.05) is 10.7 Å². The normalized spacial score (nSPS) is 10.8. The molecule has 0 aliphatic heterocycles. The zero-order valence-electron chi connectivity index (χ0n) is 7.42. The lowest BCUT2D eigenvalue weighted by Gasteiger charge is -2.02. The molecule has 0 aromatic heterocycles. The zero-order chi connectivity index (χ0) is 12.5. The molecule has 0 amide bonds. The molecule has 0 atom stereocenters. The average molecular weight is 263 g/mol. The van der Waals surface area contributed by atoms with Gasteiger partial charge in [-0.25, -0.2) is 8.42 Å². The number of nitrogens with zero attached hydrogens (tertiary/aromatic N) is 2. The van der Waals surface area contributed by atoms with Gasteiger partial charge in [0.1, 0.15) is 16.5 Å². The third-order valence-corrected chi connectivity index (χ3v) is 3.03. The van der Waals surface area contributed by atoms with E-state index in [1.54, 1.807) is 0 Å². The lowest BCUT2D eigenvalue weighted by Crippen LogP contribution is -1.98. The Kier molecular flexibility index (Phi) is 3.02. The van der Waals surface area contributed by atoms with E-state index >= 15 is 0 Å². The molecular weight excluding hydrogens is 260 g/mol. The Balaban J connectivity index is 3.72. The van der Waals surface area contributed by atoms with Gasteiger partial charge in [0.15, 0.2) is 0 Å². The number of rotatable bonds is 2. The SMILES string of the molecule is N#Cc1ccc(S(=O)(=O)Cl)c(O)c1[N+](=O)[O-]. The van der Waals surface area contributed by atoms with Crippen LogP contribution in [0.4, 0.5) is 5.69 Å². The van der Waals surface area contributed by atoms with Crippen molar-refractivity contribution in [3.63, 3.8) is 0 Å². The van der Waals surface area contributed by atoms with Gasteiger partial charge in [-0.3, -0.25) is 10.1 Å². The van der Waals surface area contributed by atoms with Crippen molar-refractivity contribution in [2.75, 3.05) is 0 Å². The van der Waals surface area contributed by atoms with Crippen LogP contribution in [0.1, 0.15) is 5.56 Å². The molecule has 0 aliphatic rings. The van der Waals surface area contributed by atoms with E-state index in [1.165, 1.54) is 6.07 Å². The molecule has 1 rings (SSSR count). The van der Waals surface area contributed by atoms with Crippen LogP contribution in [0.5, 0.6) is 5.75 Å². The van der Waals surface area contributed by atoms with E-state index in [1.807, 2.05) is 0 Å². The summed E-state index contributed by atoms with van der Waals surface area (Å²) in [6, 6.07) is 3.18. The Morgan fingerprint density at radius 3 is 2.44 bits per heavy atom. The summed E-state index contributed by atoms with van der Waals surface area (Å²) in [4.78, 5) is 8.68. The molecule has 9 heteroatoms. The molecule has 1 N–H and O–H groups in total. The van der Waals surface area contributed by atoms with E-state index in [2.05, 4.69) is 0 Å². The highest BCUT2D eigenvalue weighted by atomic mass is 35.7. The fourth-order valence-electron chi connectivity index (χ4n) is 1.03. The zero-order valence-corrected chi connectivity index (χ0v) is 8.99. The number of hydrogen-bond donors (Lipinski definition) is 1. The molecule has 16 heavy (non-hydrogen) atoms. The van der Waals surface area contributed by atoms with Gasteiger partial charge in [-0.1, -0.05) is 0 Å². The second-order valence-corrected chi connectivity index (χ2v) is 5.15.